The van der Waals surface area contributed by atoms with Gasteiger partial charge in [0.2, 0.25) is 0 Å². The zero-order chi connectivity index (χ0) is 7.14. The quantitative estimate of drug-likeness (QED) is 0.620. The van der Waals surface area contributed by atoms with Crippen molar-refractivity contribution < 1.29 is 0 Å². The molecule has 0 saturated heterocycles. The van der Waals surface area contributed by atoms with Gasteiger partial charge in [-0.2, -0.15) is 0 Å². The molecule has 0 aromatic rings. The van der Waals surface area contributed by atoms with E-state index in [2.05, 4.69) is 6.92 Å². The van der Waals surface area contributed by atoms with Crippen LogP contribution in [0.25, 0.3) is 0 Å². The first-order chi connectivity index (χ1) is 4.83. The SMILES string of the molecule is CCC1C(N)CC1C1CC1. The van der Waals surface area contributed by atoms with Crippen LogP contribution >= 0.6 is 0 Å². The van der Waals surface area contributed by atoms with Crippen molar-refractivity contribution in [3.8, 4) is 0 Å². The van der Waals surface area contributed by atoms with Gasteiger partial charge in [0.1, 0.15) is 0 Å². The van der Waals surface area contributed by atoms with Crippen LogP contribution < -0.4 is 5.73 Å². The van der Waals surface area contributed by atoms with Crippen LogP contribution in [0.3, 0.4) is 0 Å². The van der Waals surface area contributed by atoms with Crippen molar-refractivity contribution >= 4 is 0 Å². The Kier molecular flexibility index (Phi) is 1.48. The van der Waals surface area contributed by atoms with Gasteiger partial charge in [-0.25, -0.2) is 0 Å². The molecule has 0 amide bonds. The van der Waals surface area contributed by atoms with Gasteiger partial charge in [-0.1, -0.05) is 13.3 Å². The fraction of sp³-hybridized carbons (Fsp3) is 1.00. The van der Waals surface area contributed by atoms with Gasteiger partial charge in [0.25, 0.3) is 0 Å². The number of hydrogen-bond donors (Lipinski definition) is 1. The fourth-order valence-corrected chi connectivity index (χ4v) is 2.46. The van der Waals surface area contributed by atoms with Crippen LogP contribution in [0, 0.1) is 17.8 Å². The molecule has 0 radical (unpaired) electrons. The molecule has 1 nitrogen and oxygen atoms in total. The largest absolute Gasteiger partial charge is 0.327 e. The monoisotopic (exact) mass is 139 g/mol. The first-order valence-electron chi connectivity index (χ1n) is 4.58. The molecule has 0 spiro atoms. The lowest BCUT2D eigenvalue weighted by molar-refractivity contribution is 0.109. The summed E-state index contributed by atoms with van der Waals surface area (Å²) in [5.41, 5.74) is 5.89. The number of nitrogens with two attached hydrogens (primary N) is 1. The topological polar surface area (TPSA) is 26.0 Å². The van der Waals surface area contributed by atoms with Gasteiger partial charge in [-0.15, -0.1) is 0 Å². The summed E-state index contributed by atoms with van der Waals surface area (Å²) in [5.74, 6) is 3.00. The molecule has 2 aliphatic carbocycles. The summed E-state index contributed by atoms with van der Waals surface area (Å²) in [4.78, 5) is 0. The zero-order valence-corrected chi connectivity index (χ0v) is 6.72. The Bertz CT molecular complexity index is 127. The fourth-order valence-electron chi connectivity index (χ4n) is 2.46. The molecule has 0 heterocycles. The standard InChI is InChI=1S/C9H17N/c1-2-7-8(5-9(7)10)6-3-4-6/h6-9H,2-5,10H2,1H3. The van der Waals surface area contributed by atoms with Crippen molar-refractivity contribution in [1.29, 1.82) is 0 Å². The number of hydrogen-bond acceptors (Lipinski definition) is 1. The minimum Gasteiger partial charge on any atom is -0.327 e. The third kappa shape index (κ3) is 0.878. The molecule has 3 unspecified atom stereocenters. The Morgan fingerprint density at radius 1 is 1.40 bits per heavy atom. The molecule has 0 aromatic heterocycles. The molecule has 3 atom stereocenters. The Morgan fingerprint density at radius 3 is 2.50 bits per heavy atom. The average molecular weight is 139 g/mol. The van der Waals surface area contributed by atoms with Gasteiger partial charge in [0.05, 0.1) is 0 Å². The summed E-state index contributed by atoms with van der Waals surface area (Å²) in [6.45, 7) is 2.28. The molecular weight excluding hydrogens is 122 g/mol. The Morgan fingerprint density at radius 2 is 2.10 bits per heavy atom. The minimum atomic E-state index is 0.551. The lowest BCUT2D eigenvalue weighted by Gasteiger charge is -2.42. The predicted octanol–water partition coefficient (Wildman–Crippen LogP) is 1.77. The lowest BCUT2D eigenvalue weighted by atomic mass is 9.66. The first kappa shape index (κ1) is 6.66. The van der Waals surface area contributed by atoms with Crippen molar-refractivity contribution in [1.82, 2.24) is 0 Å². The normalized spacial score (nSPS) is 46.8. The molecule has 2 fully saturated rings. The Hall–Kier alpha value is -0.0400. The van der Waals surface area contributed by atoms with E-state index < -0.39 is 0 Å². The van der Waals surface area contributed by atoms with E-state index in [9.17, 15) is 0 Å². The Labute approximate surface area is 63.0 Å². The van der Waals surface area contributed by atoms with Crippen molar-refractivity contribution in [2.45, 2.75) is 38.6 Å². The van der Waals surface area contributed by atoms with E-state index in [-0.39, 0.29) is 0 Å². The van der Waals surface area contributed by atoms with Crippen LogP contribution in [0.15, 0.2) is 0 Å². The van der Waals surface area contributed by atoms with Crippen molar-refractivity contribution in [2.24, 2.45) is 23.5 Å². The van der Waals surface area contributed by atoms with Crippen LogP contribution in [0.4, 0.5) is 0 Å². The lowest BCUT2D eigenvalue weighted by Crippen LogP contribution is -2.47. The molecule has 2 saturated carbocycles. The second-order valence-electron chi connectivity index (χ2n) is 3.97. The van der Waals surface area contributed by atoms with Crippen LogP contribution in [-0.4, -0.2) is 6.04 Å². The molecule has 1 heteroatoms. The number of rotatable bonds is 2. The second-order valence-corrected chi connectivity index (χ2v) is 3.97. The molecule has 2 N–H and O–H groups in total. The van der Waals surface area contributed by atoms with Crippen molar-refractivity contribution in [3.05, 3.63) is 0 Å². The summed E-state index contributed by atoms with van der Waals surface area (Å²) in [7, 11) is 0. The molecule has 0 aromatic carbocycles. The highest BCUT2D eigenvalue weighted by atomic mass is 14.7. The third-order valence-electron chi connectivity index (χ3n) is 3.34. The van der Waals surface area contributed by atoms with Gasteiger partial charge >= 0.3 is 0 Å². The van der Waals surface area contributed by atoms with Crippen molar-refractivity contribution in [3.63, 3.8) is 0 Å². The van der Waals surface area contributed by atoms with E-state index >= 15 is 0 Å². The average Bonchev–Trinajstić information content (AvgIpc) is 2.65. The molecule has 58 valence electrons. The van der Waals surface area contributed by atoms with E-state index in [1.54, 1.807) is 0 Å². The van der Waals surface area contributed by atoms with Crippen LogP contribution in [0.1, 0.15) is 32.6 Å². The van der Waals surface area contributed by atoms with Gasteiger partial charge in [-0.05, 0) is 37.0 Å². The van der Waals surface area contributed by atoms with E-state index in [0.717, 1.165) is 17.8 Å². The molecule has 10 heavy (non-hydrogen) atoms. The highest BCUT2D eigenvalue weighted by molar-refractivity contribution is 4.98. The summed E-state index contributed by atoms with van der Waals surface area (Å²) < 4.78 is 0. The van der Waals surface area contributed by atoms with Crippen LogP contribution in [-0.2, 0) is 0 Å². The van der Waals surface area contributed by atoms with E-state index in [1.165, 1.54) is 25.7 Å². The van der Waals surface area contributed by atoms with Gasteiger partial charge in [-0.3, -0.25) is 0 Å². The van der Waals surface area contributed by atoms with Crippen molar-refractivity contribution in [2.75, 3.05) is 0 Å². The maximum Gasteiger partial charge on any atom is 0.00726 e. The Balaban J connectivity index is 1.88. The van der Waals surface area contributed by atoms with Gasteiger partial charge < -0.3 is 5.73 Å². The molecule has 0 aliphatic heterocycles. The van der Waals surface area contributed by atoms with E-state index in [4.69, 9.17) is 5.73 Å². The zero-order valence-electron chi connectivity index (χ0n) is 6.72. The van der Waals surface area contributed by atoms with E-state index in [0.29, 0.717) is 6.04 Å². The molecular formula is C9H17N. The van der Waals surface area contributed by atoms with E-state index in [1.807, 2.05) is 0 Å². The summed E-state index contributed by atoms with van der Waals surface area (Å²) in [6, 6.07) is 0.551. The molecule has 2 rings (SSSR count). The predicted molar refractivity (Wildman–Crippen MR) is 42.6 cm³/mol. The van der Waals surface area contributed by atoms with Crippen LogP contribution in [0.5, 0.6) is 0 Å². The molecule has 0 bridgehead atoms. The van der Waals surface area contributed by atoms with Gasteiger partial charge in [0, 0.05) is 6.04 Å². The first-order valence-corrected chi connectivity index (χ1v) is 4.58. The smallest absolute Gasteiger partial charge is 0.00726 e. The summed E-state index contributed by atoms with van der Waals surface area (Å²) in [5, 5.41) is 0. The van der Waals surface area contributed by atoms with Crippen LogP contribution in [0.2, 0.25) is 0 Å². The maximum atomic E-state index is 5.89. The maximum absolute atomic E-state index is 5.89. The highest BCUT2D eigenvalue weighted by Gasteiger charge is 2.45. The molecule has 2 aliphatic rings. The summed E-state index contributed by atoms with van der Waals surface area (Å²) >= 11 is 0. The van der Waals surface area contributed by atoms with Gasteiger partial charge in [0.15, 0.2) is 0 Å². The third-order valence-corrected chi connectivity index (χ3v) is 3.34. The second kappa shape index (κ2) is 2.23. The highest BCUT2D eigenvalue weighted by Crippen LogP contribution is 2.50. The minimum absolute atomic E-state index is 0.551. The summed E-state index contributed by atoms with van der Waals surface area (Å²) in [6.07, 6.45) is 5.62.